The van der Waals surface area contributed by atoms with Crippen LogP contribution in [0, 0.1) is 5.82 Å². The van der Waals surface area contributed by atoms with E-state index >= 15 is 0 Å². The summed E-state index contributed by atoms with van der Waals surface area (Å²) < 4.78 is 19.6. The van der Waals surface area contributed by atoms with Crippen LogP contribution < -0.4 is 0 Å². The van der Waals surface area contributed by atoms with Gasteiger partial charge < -0.3 is 4.42 Å². The molecular formula is C18H25FN4O. The number of benzene rings is 1. The highest BCUT2D eigenvalue weighted by atomic mass is 19.1. The average Bonchev–Trinajstić information content (AvgIpc) is 3.04. The molecule has 1 aliphatic rings. The zero-order chi connectivity index (χ0) is 17.1. The molecule has 0 radical (unpaired) electrons. The van der Waals surface area contributed by atoms with Crippen LogP contribution in [-0.2, 0) is 6.54 Å². The van der Waals surface area contributed by atoms with Gasteiger partial charge in [-0.2, -0.15) is 0 Å². The van der Waals surface area contributed by atoms with Crippen LogP contribution in [0.4, 0.5) is 4.39 Å². The Balaban J connectivity index is 1.54. The predicted octanol–water partition coefficient (Wildman–Crippen LogP) is 3.21. The summed E-state index contributed by atoms with van der Waals surface area (Å²) in [5, 5.41) is 8.20. The minimum atomic E-state index is -0.125. The lowest BCUT2D eigenvalue weighted by atomic mass is 10.1. The fraction of sp³-hybridized carbons (Fsp3) is 0.556. The molecular weight excluding hydrogens is 307 g/mol. The molecule has 5 nitrogen and oxygen atoms in total. The fourth-order valence-corrected chi connectivity index (χ4v) is 3.07. The van der Waals surface area contributed by atoms with Crippen molar-refractivity contribution < 1.29 is 8.81 Å². The number of nitrogens with zero attached hydrogens (tertiary/aromatic N) is 4. The summed E-state index contributed by atoms with van der Waals surface area (Å²) in [4.78, 5) is 4.63. The topological polar surface area (TPSA) is 45.4 Å². The van der Waals surface area contributed by atoms with Crippen molar-refractivity contribution >= 4 is 0 Å². The van der Waals surface area contributed by atoms with Gasteiger partial charge in [-0.1, -0.05) is 32.0 Å². The summed E-state index contributed by atoms with van der Waals surface area (Å²) in [7, 11) is 0. The molecule has 130 valence electrons. The van der Waals surface area contributed by atoms with Crippen molar-refractivity contribution in [1.82, 2.24) is 20.0 Å². The number of aromatic nitrogens is 2. The van der Waals surface area contributed by atoms with E-state index in [2.05, 4.69) is 26.9 Å². The van der Waals surface area contributed by atoms with Gasteiger partial charge in [-0.3, -0.25) is 9.80 Å². The Morgan fingerprint density at radius 2 is 1.79 bits per heavy atom. The van der Waals surface area contributed by atoms with Gasteiger partial charge in [-0.05, 0) is 13.0 Å². The summed E-state index contributed by atoms with van der Waals surface area (Å²) in [5.74, 6) is 1.50. The molecule has 0 spiro atoms. The molecule has 1 aliphatic heterocycles. The number of hydrogen-bond acceptors (Lipinski definition) is 5. The second-order valence-corrected chi connectivity index (χ2v) is 6.70. The monoisotopic (exact) mass is 332 g/mol. The standard InChI is InChI=1S/C18H25FN4O/c1-13(2)18-21-20-17(24-18)12-22-8-10-23(11-9-22)14(3)15-6-4-5-7-16(15)19/h4-7,13-14H,8-12H2,1-3H3. The molecule has 0 N–H and O–H groups in total. The molecule has 3 rings (SSSR count). The zero-order valence-corrected chi connectivity index (χ0v) is 14.6. The molecule has 2 heterocycles. The van der Waals surface area contributed by atoms with Crippen molar-refractivity contribution in [1.29, 1.82) is 0 Å². The maximum atomic E-state index is 14.0. The van der Waals surface area contributed by atoms with Gasteiger partial charge in [0.1, 0.15) is 5.82 Å². The van der Waals surface area contributed by atoms with E-state index in [0.717, 1.165) is 31.7 Å². The SMILES string of the molecule is CC(C)c1nnc(CN2CCN(C(C)c3ccccc3F)CC2)o1. The smallest absolute Gasteiger partial charge is 0.230 e. The van der Waals surface area contributed by atoms with Crippen molar-refractivity contribution in [2.45, 2.75) is 39.3 Å². The van der Waals surface area contributed by atoms with E-state index in [1.807, 2.05) is 26.0 Å². The van der Waals surface area contributed by atoms with Crippen LogP contribution in [0.15, 0.2) is 28.7 Å². The van der Waals surface area contributed by atoms with E-state index in [4.69, 9.17) is 4.42 Å². The Morgan fingerprint density at radius 3 is 2.42 bits per heavy atom. The first-order valence-corrected chi connectivity index (χ1v) is 8.57. The number of halogens is 1. The molecule has 6 heteroatoms. The van der Waals surface area contributed by atoms with Gasteiger partial charge in [-0.15, -0.1) is 10.2 Å². The van der Waals surface area contributed by atoms with Crippen LogP contribution in [0.3, 0.4) is 0 Å². The van der Waals surface area contributed by atoms with E-state index in [-0.39, 0.29) is 17.8 Å². The molecule has 1 saturated heterocycles. The Hall–Kier alpha value is -1.79. The predicted molar refractivity (Wildman–Crippen MR) is 90.1 cm³/mol. The van der Waals surface area contributed by atoms with Gasteiger partial charge >= 0.3 is 0 Å². The highest BCUT2D eigenvalue weighted by molar-refractivity contribution is 5.20. The molecule has 0 bridgehead atoms. The minimum absolute atomic E-state index is 0.0873. The van der Waals surface area contributed by atoms with E-state index < -0.39 is 0 Å². The summed E-state index contributed by atoms with van der Waals surface area (Å²) in [5.41, 5.74) is 0.768. The van der Waals surface area contributed by atoms with Crippen LogP contribution in [0.25, 0.3) is 0 Å². The van der Waals surface area contributed by atoms with Crippen LogP contribution in [0.1, 0.15) is 50.1 Å². The molecule has 0 amide bonds. The third kappa shape index (κ3) is 3.82. The van der Waals surface area contributed by atoms with E-state index in [0.29, 0.717) is 18.3 Å². The van der Waals surface area contributed by atoms with Crippen LogP contribution in [0.5, 0.6) is 0 Å². The zero-order valence-electron chi connectivity index (χ0n) is 14.6. The molecule has 1 atom stereocenters. The van der Waals surface area contributed by atoms with Crippen molar-refractivity contribution in [3.63, 3.8) is 0 Å². The van der Waals surface area contributed by atoms with Crippen LogP contribution in [0.2, 0.25) is 0 Å². The summed E-state index contributed by atoms with van der Waals surface area (Å²) in [6.07, 6.45) is 0. The second kappa shape index (κ2) is 7.40. The van der Waals surface area contributed by atoms with Gasteiger partial charge in [0.05, 0.1) is 6.54 Å². The van der Waals surface area contributed by atoms with Crippen molar-refractivity contribution in [2.24, 2.45) is 0 Å². The average molecular weight is 332 g/mol. The van der Waals surface area contributed by atoms with Gasteiger partial charge in [0.25, 0.3) is 0 Å². The maximum Gasteiger partial charge on any atom is 0.230 e. The number of rotatable bonds is 5. The molecule has 24 heavy (non-hydrogen) atoms. The number of piperazine rings is 1. The normalized spacial score (nSPS) is 18.2. The summed E-state index contributed by atoms with van der Waals surface area (Å²) >= 11 is 0. The molecule has 1 unspecified atom stereocenters. The molecule has 2 aromatic rings. The highest BCUT2D eigenvalue weighted by Gasteiger charge is 2.24. The Kier molecular flexibility index (Phi) is 5.26. The molecule has 1 aromatic heterocycles. The van der Waals surface area contributed by atoms with Crippen LogP contribution in [-0.4, -0.2) is 46.2 Å². The van der Waals surface area contributed by atoms with Crippen LogP contribution >= 0.6 is 0 Å². The lowest BCUT2D eigenvalue weighted by molar-refractivity contribution is 0.0905. The Bertz CT molecular complexity index is 665. The van der Waals surface area contributed by atoms with Crippen molar-refractivity contribution in [3.8, 4) is 0 Å². The third-order valence-corrected chi connectivity index (χ3v) is 4.65. The van der Waals surface area contributed by atoms with Crippen molar-refractivity contribution in [2.75, 3.05) is 26.2 Å². The molecule has 1 fully saturated rings. The molecule has 1 aromatic carbocycles. The maximum absolute atomic E-state index is 14.0. The first-order chi connectivity index (χ1) is 11.5. The van der Waals surface area contributed by atoms with Gasteiger partial charge in [0.15, 0.2) is 0 Å². The number of hydrogen-bond donors (Lipinski definition) is 0. The Morgan fingerprint density at radius 1 is 1.08 bits per heavy atom. The van der Waals surface area contributed by atoms with Crippen molar-refractivity contribution in [3.05, 3.63) is 47.4 Å². The van der Waals surface area contributed by atoms with E-state index in [1.54, 1.807) is 6.07 Å². The largest absolute Gasteiger partial charge is 0.424 e. The lowest BCUT2D eigenvalue weighted by Crippen LogP contribution is -2.46. The van der Waals surface area contributed by atoms with E-state index in [1.165, 1.54) is 6.07 Å². The van der Waals surface area contributed by atoms with Gasteiger partial charge in [-0.25, -0.2) is 4.39 Å². The van der Waals surface area contributed by atoms with Gasteiger partial charge in [0, 0.05) is 43.7 Å². The van der Waals surface area contributed by atoms with Gasteiger partial charge in [0.2, 0.25) is 11.8 Å². The minimum Gasteiger partial charge on any atom is -0.424 e. The lowest BCUT2D eigenvalue weighted by Gasteiger charge is -2.37. The first kappa shape index (κ1) is 17.0. The third-order valence-electron chi connectivity index (χ3n) is 4.65. The second-order valence-electron chi connectivity index (χ2n) is 6.70. The van der Waals surface area contributed by atoms with E-state index in [9.17, 15) is 4.39 Å². The summed E-state index contributed by atoms with van der Waals surface area (Å²) in [6.45, 7) is 10.5. The first-order valence-electron chi connectivity index (χ1n) is 8.57. The quantitative estimate of drug-likeness (QED) is 0.841. The molecule has 0 aliphatic carbocycles. The Labute approximate surface area is 142 Å². The fourth-order valence-electron chi connectivity index (χ4n) is 3.07. The summed E-state index contributed by atoms with van der Waals surface area (Å²) in [6, 6.07) is 7.12. The molecule has 0 saturated carbocycles. The highest BCUT2D eigenvalue weighted by Crippen LogP contribution is 2.24.